The summed E-state index contributed by atoms with van der Waals surface area (Å²) in [6.07, 6.45) is 2.45. The van der Waals surface area contributed by atoms with Crippen LogP contribution in [0.5, 0.6) is 0 Å². The van der Waals surface area contributed by atoms with Crippen molar-refractivity contribution in [2.45, 2.75) is 6.04 Å². The van der Waals surface area contributed by atoms with Crippen LogP contribution >= 0.6 is 11.6 Å². The molecule has 1 aromatic rings. The van der Waals surface area contributed by atoms with Crippen molar-refractivity contribution >= 4 is 51.7 Å². The van der Waals surface area contributed by atoms with Crippen LogP contribution in [0.1, 0.15) is 11.6 Å². The summed E-state index contributed by atoms with van der Waals surface area (Å²) in [7, 11) is -17.6. The third-order valence-corrected chi connectivity index (χ3v) is 10.3. The van der Waals surface area contributed by atoms with Crippen molar-refractivity contribution < 1.29 is 33.7 Å². The molecule has 0 aliphatic rings. The molecule has 1 atom stereocenters. The smallest absolute Gasteiger partial charge is 0.212 e. The highest BCUT2D eigenvalue weighted by molar-refractivity contribution is 8.04. The Bertz CT molecular complexity index is 1050. The van der Waals surface area contributed by atoms with Gasteiger partial charge in [-0.1, -0.05) is 31.2 Å². The molecule has 27 heavy (non-hydrogen) atoms. The molecule has 15 heteroatoms. The average molecular weight is 483 g/mol. The van der Waals surface area contributed by atoms with Gasteiger partial charge in [-0.2, -0.15) is 0 Å². The van der Waals surface area contributed by atoms with E-state index in [-0.39, 0.29) is 18.0 Å². The first-order valence-electron chi connectivity index (χ1n) is 6.98. The standard InChI is InChI=1S/C12H19ClN2O8S4/c1-24(16,17)14(25(2,18)19)9-12(10-5-7-11(13)8-6-10)15(26(3,20)21)27(4,22)23/h5-8,12H,9H2,1-4H3. The molecule has 156 valence electrons. The summed E-state index contributed by atoms with van der Waals surface area (Å²) in [6, 6.07) is 3.55. The highest BCUT2D eigenvalue weighted by Gasteiger charge is 2.40. The summed E-state index contributed by atoms with van der Waals surface area (Å²) in [6.45, 7) is -0.973. The lowest BCUT2D eigenvalue weighted by Crippen LogP contribution is -2.46. The molecule has 0 fully saturated rings. The van der Waals surface area contributed by atoms with Gasteiger partial charge in [0.2, 0.25) is 40.1 Å². The van der Waals surface area contributed by atoms with E-state index in [9.17, 15) is 33.7 Å². The maximum atomic E-state index is 12.1. The van der Waals surface area contributed by atoms with E-state index in [0.29, 0.717) is 25.0 Å². The van der Waals surface area contributed by atoms with Gasteiger partial charge >= 0.3 is 0 Å². The molecule has 0 heterocycles. The number of benzene rings is 1. The Labute approximate surface area is 164 Å². The van der Waals surface area contributed by atoms with Crippen LogP contribution in [-0.4, -0.2) is 72.7 Å². The zero-order valence-corrected chi connectivity index (χ0v) is 18.8. The van der Waals surface area contributed by atoms with Crippen molar-refractivity contribution in [1.82, 2.24) is 7.42 Å². The van der Waals surface area contributed by atoms with E-state index in [1.165, 1.54) is 24.3 Å². The third-order valence-electron chi connectivity index (χ3n) is 3.22. The second kappa shape index (κ2) is 7.93. The highest BCUT2D eigenvalue weighted by atomic mass is 35.5. The number of hydrogen-bond donors (Lipinski definition) is 0. The minimum atomic E-state index is -4.42. The SMILES string of the molecule is CS(=O)(=O)N(CC(c1ccc(Cl)cc1)N(S(C)(=O)=O)S(C)(=O)=O)S(C)(=O)=O. The minimum absolute atomic E-state index is 0.0348. The van der Waals surface area contributed by atoms with Gasteiger partial charge in [0.1, 0.15) is 0 Å². The predicted molar refractivity (Wildman–Crippen MR) is 102 cm³/mol. The van der Waals surface area contributed by atoms with Crippen LogP contribution in [0, 0.1) is 0 Å². The number of nitrogens with zero attached hydrogens (tertiary/aromatic N) is 2. The van der Waals surface area contributed by atoms with E-state index in [1.807, 2.05) is 0 Å². The van der Waals surface area contributed by atoms with Crippen LogP contribution < -0.4 is 0 Å². The van der Waals surface area contributed by atoms with Crippen LogP contribution in [0.3, 0.4) is 0 Å². The molecule has 0 saturated carbocycles. The maximum Gasteiger partial charge on any atom is 0.224 e. The Balaban J connectivity index is 3.77. The quantitative estimate of drug-likeness (QED) is 0.496. The van der Waals surface area contributed by atoms with Crippen molar-refractivity contribution in [2.75, 3.05) is 31.6 Å². The Kier molecular flexibility index (Phi) is 7.12. The molecular weight excluding hydrogens is 464 g/mol. The summed E-state index contributed by atoms with van der Waals surface area (Å²) >= 11 is 5.77. The van der Waals surface area contributed by atoms with Gasteiger partial charge in [0.05, 0.1) is 37.6 Å². The Morgan fingerprint density at radius 3 is 1.41 bits per heavy atom. The minimum Gasteiger partial charge on any atom is -0.212 e. The first-order chi connectivity index (χ1) is 11.8. The van der Waals surface area contributed by atoms with Crippen LogP contribution in [0.2, 0.25) is 5.02 Å². The number of hydrogen-bond acceptors (Lipinski definition) is 8. The Morgan fingerprint density at radius 2 is 1.11 bits per heavy atom. The highest BCUT2D eigenvalue weighted by Crippen LogP contribution is 2.29. The molecule has 0 N–H and O–H groups in total. The van der Waals surface area contributed by atoms with E-state index >= 15 is 0 Å². The zero-order valence-electron chi connectivity index (χ0n) is 14.8. The first kappa shape index (κ1) is 24.3. The van der Waals surface area contributed by atoms with E-state index in [1.54, 1.807) is 0 Å². The summed E-state index contributed by atoms with van der Waals surface area (Å²) in [5.41, 5.74) is 0.0348. The molecule has 0 spiro atoms. The molecule has 1 aromatic carbocycles. The monoisotopic (exact) mass is 482 g/mol. The van der Waals surface area contributed by atoms with E-state index in [2.05, 4.69) is 0 Å². The fourth-order valence-corrected chi connectivity index (χ4v) is 8.53. The van der Waals surface area contributed by atoms with E-state index in [0.717, 1.165) is 0 Å². The van der Waals surface area contributed by atoms with Gasteiger partial charge in [-0.3, -0.25) is 0 Å². The fraction of sp³-hybridized carbons (Fsp3) is 0.500. The molecule has 0 amide bonds. The van der Waals surface area contributed by atoms with Crippen molar-refractivity contribution in [3.8, 4) is 0 Å². The molecule has 0 saturated heterocycles. The normalized spacial score (nSPS) is 15.2. The number of halogens is 1. The van der Waals surface area contributed by atoms with Crippen LogP contribution in [0.4, 0.5) is 0 Å². The van der Waals surface area contributed by atoms with E-state index in [4.69, 9.17) is 11.6 Å². The average Bonchev–Trinajstić information content (AvgIpc) is 2.38. The zero-order chi connectivity index (χ0) is 21.4. The lowest BCUT2D eigenvalue weighted by atomic mass is 10.1. The molecule has 0 radical (unpaired) electrons. The van der Waals surface area contributed by atoms with Crippen molar-refractivity contribution in [3.05, 3.63) is 34.9 Å². The van der Waals surface area contributed by atoms with Crippen molar-refractivity contribution in [1.29, 1.82) is 0 Å². The molecule has 0 aliphatic carbocycles. The topological polar surface area (TPSA) is 143 Å². The van der Waals surface area contributed by atoms with Gasteiger partial charge in [0, 0.05) is 5.02 Å². The number of rotatable bonds is 8. The summed E-state index contributed by atoms with van der Waals surface area (Å²) in [5.74, 6) is 0. The van der Waals surface area contributed by atoms with Gasteiger partial charge in [-0.25, -0.2) is 33.7 Å². The maximum absolute atomic E-state index is 12.1. The Hall–Kier alpha value is -0.770. The molecule has 1 unspecified atom stereocenters. The van der Waals surface area contributed by atoms with Crippen molar-refractivity contribution in [3.63, 3.8) is 0 Å². The summed E-state index contributed by atoms with van der Waals surface area (Å²) in [5, 5.41) is 0.255. The summed E-state index contributed by atoms with van der Waals surface area (Å²) in [4.78, 5) is 0. The largest absolute Gasteiger partial charge is 0.224 e. The molecule has 0 aromatic heterocycles. The van der Waals surface area contributed by atoms with Gasteiger partial charge in [0.25, 0.3) is 0 Å². The fourth-order valence-electron chi connectivity index (χ4n) is 2.34. The van der Waals surface area contributed by atoms with E-state index < -0.39 is 52.7 Å². The van der Waals surface area contributed by atoms with Crippen LogP contribution in [-0.2, 0) is 40.1 Å². The van der Waals surface area contributed by atoms with Gasteiger partial charge in [-0.05, 0) is 17.7 Å². The van der Waals surface area contributed by atoms with Crippen LogP contribution in [0.25, 0.3) is 0 Å². The van der Waals surface area contributed by atoms with Crippen molar-refractivity contribution in [2.24, 2.45) is 0 Å². The lowest BCUT2D eigenvalue weighted by molar-refractivity contribution is 0.388. The molecular formula is C12H19ClN2O8S4. The van der Waals surface area contributed by atoms with Gasteiger partial charge in [0.15, 0.2) is 0 Å². The summed E-state index contributed by atoms with van der Waals surface area (Å²) < 4.78 is 96.4. The Morgan fingerprint density at radius 1 is 0.741 bits per heavy atom. The van der Waals surface area contributed by atoms with Gasteiger partial charge in [-0.15, -0.1) is 0 Å². The first-order valence-corrected chi connectivity index (χ1v) is 14.7. The second-order valence-electron chi connectivity index (χ2n) is 5.80. The second-order valence-corrected chi connectivity index (χ2v) is 14.2. The third kappa shape index (κ3) is 6.66. The van der Waals surface area contributed by atoms with Crippen LogP contribution in [0.15, 0.2) is 24.3 Å². The molecule has 10 nitrogen and oxygen atoms in total. The molecule has 1 rings (SSSR count). The molecule has 0 bridgehead atoms. The predicted octanol–water partition coefficient (Wildman–Crippen LogP) is -0.176. The number of sulfonamides is 4. The lowest BCUT2D eigenvalue weighted by Gasteiger charge is -2.31. The molecule has 0 aliphatic heterocycles. The van der Waals surface area contributed by atoms with Gasteiger partial charge < -0.3 is 0 Å².